The van der Waals surface area contributed by atoms with Gasteiger partial charge in [-0.15, -0.1) is 11.3 Å². The number of rotatable bonds is 5. The van der Waals surface area contributed by atoms with E-state index in [2.05, 4.69) is 27.3 Å². The van der Waals surface area contributed by atoms with Crippen molar-refractivity contribution in [1.82, 2.24) is 15.0 Å². The number of nitrogens with two attached hydrogens (primary N) is 1. The van der Waals surface area contributed by atoms with Crippen molar-refractivity contribution in [2.75, 3.05) is 5.73 Å². The number of hydrogen-bond donors (Lipinski definition) is 2. The number of imidazole rings is 1. The number of nitrogens with one attached hydrogen (secondary N) is 1. The number of aryl methyl sites for hydroxylation is 1. The van der Waals surface area contributed by atoms with E-state index in [9.17, 15) is 0 Å². The second kappa shape index (κ2) is 5.85. The lowest BCUT2D eigenvalue weighted by Gasteiger charge is -1.93. The zero-order chi connectivity index (χ0) is 13.9. The molecule has 3 aromatic rings. The first kappa shape index (κ1) is 13.5. The molecule has 0 aliphatic carbocycles. The molecule has 0 aliphatic rings. The van der Waals surface area contributed by atoms with Crippen LogP contribution in [-0.4, -0.2) is 15.0 Å². The highest BCUT2D eigenvalue weighted by molar-refractivity contribution is 7.98. The van der Waals surface area contributed by atoms with Gasteiger partial charge in [-0.25, -0.2) is 9.97 Å². The minimum Gasteiger partial charge on any atom is -0.399 e. The maximum absolute atomic E-state index is 5.77. The zero-order valence-electron chi connectivity index (χ0n) is 11.2. The molecule has 0 atom stereocenters. The van der Waals surface area contributed by atoms with E-state index in [1.54, 1.807) is 23.1 Å². The van der Waals surface area contributed by atoms with E-state index >= 15 is 0 Å². The van der Waals surface area contributed by atoms with Crippen molar-refractivity contribution >= 4 is 39.8 Å². The van der Waals surface area contributed by atoms with E-state index in [0.717, 1.165) is 46.2 Å². The number of thiazole rings is 1. The Morgan fingerprint density at radius 3 is 3.10 bits per heavy atom. The summed E-state index contributed by atoms with van der Waals surface area (Å²) in [6.07, 6.45) is 2.21. The number of thioether (sulfide) groups is 1. The maximum Gasteiger partial charge on any atom is 0.166 e. The summed E-state index contributed by atoms with van der Waals surface area (Å²) in [6, 6.07) is 5.72. The van der Waals surface area contributed by atoms with Crippen LogP contribution in [0.15, 0.2) is 28.7 Å². The molecule has 2 heterocycles. The first-order valence-electron chi connectivity index (χ1n) is 6.56. The molecule has 0 spiro atoms. The van der Waals surface area contributed by atoms with Crippen LogP contribution in [0.4, 0.5) is 5.69 Å². The zero-order valence-corrected chi connectivity index (χ0v) is 12.9. The number of anilines is 1. The number of H-pyrrole nitrogens is 1. The predicted octanol–water partition coefficient (Wildman–Crippen LogP) is 3.85. The Kier molecular flexibility index (Phi) is 3.93. The normalized spacial score (nSPS) is 11.2. The van der Waals surface area contributed by atoms with E-state index in [1.807, 2.05) is 18.2 Å². The quantitative estimate of drug-likeness (QED) is 0.555. The van der Waals surface area contributed by atoms with Crippen LogP contribution in [0.25, 0.3) is 11.0 Å². The summed E-state index contributed by atoms with van der Waals surface area (Å²) in [4.78, 5) is 12.4. The molecule has 0 amide bonds. The van der Waals surface area contributed by atoms with Crippen molar-refractivity contribution in [3.63, 3.8) is 0 Å². The number of aromatic nitrogens is 3. The summed E-state index contributed by atoms with van der Waals surface area (Å²) >= 11 is 3.42. The summed E-state index contributed by atoms with van der Waals surface area (Å²) in [5.41, 5.74) is 9.58. The lowest BCUT2D eigenvalue weighted by Crippen LogP contribution is -1.85. The summed E-state index contributed by atoms with van der Waals surface area (Å²) in [7, 11) is 0. The standard InChI is InChI=1S/C14H16N4S2/c1-2-3-13-16-10(7-19-13)8-20-14-17-11-5-4-9(15)6-12(11)18-14/h4-7H,2-3,8,15H2,1H3,(H,17,18). The first-order chi connectivity index (χ1) is 9.74. The van der Waals surface area contributed by atoms with E-state index in [-0.39, 0.29) is 0 Å². The summed E-state index contributed by atoms with van der Waals surface area (Å²) in [5.74, 6) is 0.843. The number of nitrogen functional groups attached to an aromatic ring is 1. The smallest absolute Gasteiger partial charge is 0.166 e. The van der Waals surface area contributed by atoms with Crippen LogP contribution < -0.4 is 5.73 Å². The molecular weight excluding hydrogens is 288 g/mol. The van der Waals surface area contributed by atoms with Crippen molar-refractivity contribution in [2.24, 2.45) is 0 Å². The van der Waals surface area contributed by atoms with Gasteiger partial charge in [-0.3, -0.25) is 0 Å². The fourth-order valence-electron chi connectivity index (χ4n) is 1.96. The third-order valence-corrected chi connectivity index (χ3v) is 4.77. The fourth-order valence-corrected chi connectivity index (χ4v) is 3.74. The van der Waals surface area contributed by atoms with Gasteiger partial charge in [0.25, 0.3) is 0 Å². The van der Waals surface area contributed by atoms with E-state index in [4.69, 9.17) is 5.73 Å². The van der Waals surface area contributed by atoms with Crippen LogP contribution in [0.1, 0.15) is 24.0 Å². The second-order valence-electron chi connectivity index (χ2n) is 4.59. The summed E-state index contributed by atoms with van der Waals surface area (Å²) < 4.78 is 0. The topological polar surface area (TPSA) is 67.6 Å². The highest BCUT2D eigenvalue weighted by Crippen LogP contribution is 2.25. The molecule has 4 nitrogen and oxygen atoms in total. The minimum absolute atomic E-state index is 0.751. The van der Waals surface area contributed by atoms with Gasteiger partial charge in [0.05, 0.1) is 21.7 Å². The van der Waals surface area contributed by atoms with Crippen LogP contribution in [0.2, 0.25) is 0 Å². The Labute approximate surface area is 125 Å². The molecule has 0 radical (unpaired) electrons. The van der Waals surface area contributed by atoms with Crippen LogP contribution >= 0.6 is 23.1 Å². The van der Waals surface area contributed by atoms with Crippen LogP contribution in [-0.2, 0) is 12.2 Å². The molecule has 0 unspecified atom stereocenters. The highest BCUT2D eigenvalue weighted by Gasteiger charge is 2.06. The Hall–Kier alpha value is -1.53. The van der Waals surface area contributed by atoms with E-state index < -0.39 is 0 Å². The average molecular weight is 304 g/mol. The lowest BCUT2D eigenvalue weighted by molar-refractivity contribution is 0.902. The molecule has 6 heteroatoms. The van der Waals surface area contributed by atoms with Crippen LogP contribution in [0.3, 0.4) is 0 Å². The molecule has 0 fully saturated rings. The molecule has 0 bridgehead atoms. The Balaban J connectivity index is 1.69. The van der Waals surface area contributed by atoms with Gasteiger partial charge >= 0.3 is 0 Å². The number of hydrogen-bond acceptors (Lipinski definition) is 5. The van der Waals surface area contributed by atoms with Crippen molar-refractivity contribution < 1.29 is 0 Å². The molecule has 0 saturated carbocycles. The van der Waals surface area contributed by atoms with Crippen molar-refractivity contribution in [1.29, 1.82) is 0 Å². The van der Waals surface area contributed by atoms with E-state index in [0.29, 0.717) is 0 Å². The SMILES string of the molecule is CCCc1nc(CSc2nc3ccc(N)cc3[nH]2)cs1. The fraction of sp³-hybridized carbons (Fsp3) is 0.286. The average Bonchev–Trinajstić information content (AvgIpc) is 3.02. The number of aromatic amines is 1. The van der Waals surface area contributed by atoms with Gasteiger partial charge < -0.3 is 10.7 Å². The lowest BCUT2D eigenvalue weighted by atomic mass is 10.3. The Morgan fingerprint density at radius 2 is 2.25 bits per heavy atom. The molecule has 2 aromatic heterocycles. The molecule has 0 saturated heterocycles. The Bertz CT molecular complexity index is 717. The summed E-state index contributed by atoms with van der Waals surface area (Å²) in [6.45, 7) is 2.18. The highest BCUT2D eigenvalue weighted by atomic mass is 32.2. The predicted molar refractivity (Wildman–Crippen MR) is 86.2 cm³/mol. The van der Waals surface area contributed by atoms with Gasteiger partial charge in [-0.2, -0.15) is 0 Å². The number of nitrogens with zero attached hydrogens (tertiary/aromatic N) is 2. The van der Waals surface area contributed by atoms with Crippen LogP contribution in [0.5, 0.6) is 0 Å². The molecule has 0 aliphatic heterocycles. The van der Waals surface area contributed by atoms with Gasteiger partial charge in [-0.1, -0.05) is 18.7 Å². The maximum atomic E-state index is 5.77. The number of fused-ring (bicyclic) bond motifs is 1. The molecule has 3 N–H and O–H groups in total. The van der Waals surface area contributed by atoms with Crippen LogP contribution in [0, 0.1) is 0 Å². The molecule has 1 aromatic carbocycles. The van der Waals surface area contributed by atoms with Crippen molar-refractivity contribution in [2.45, 2.75) is 30.7 Å². The third-order valence-electron chi connectivity index (χ3n) is 2.90. The second-order valence-corrected chi connectivity index (χ2v) is 6.50. The van der Waals surface area contributed by atoms with Crippen molar-refractivity contribution in [3.8, 4) is 0 Å². The van der Waals surface area contributed by atoms with Gasteiger partial charge in [-0.05, 0) is 31.0 Å². The number of benzene rings is 1. The minimum atomic E-state index is 0.751. The molecule has 20 heavy (non-hydrogen) atoms. The molecule has 3 rings (SSSR count). The van der Waals surface area contributed by atoms with Gasteiger partial charge in [0.15, 0.2) is 5.16 Å². The monoisotopic (exact) mass is 304 g/mol. The Morgan fingerprint density at radius 1 is 1.35 bits per heavy atom. The largest absolute Gasteiger partial charge is 0.399 e. The van der Waals surface area contributed by atoms with Gasteiger partial charge in [0.1, 0.15) is 0 Å². The van der Waals surface area contributed by atoms with Crippen molar-refractivity contribution in [3.05, 3.63) is 34.3 Å². The van der Waals surface area contributed by atoms with Gasteiger partial charge in [0, 0.05) is 16.8 Å². The van der Waals surface area contributed by atoms with E-state index in [1.165, 1.54) is 5.01 Å². The first-order valence-corrected chi connectivity index (χ1v) is 8.42. The molecule has 104 valence electrons. The third kappa shape index (κ3) is 2.96. The molecular formula is C14H16N4S2. The summed E-state index contributed by atoms with van der Waals surface area (Å²) in [5, 5.41) is 4.27. The van der Waals surface area contributed by atoms with Gasteiger partial charge in [0.2, 0.25) is 0 Å².